The summed E-state index contributed by atoms with van der Waals surface area (Å²) < 4.78 is 6.04. The van der Waals surface area contributed by atoms with Crippen molar-refractivity contribution >= 4 is 39.1 Å². The first-order valence-electron chi connectivity index (χ1n) is 6.56. The largest absolute Gasteiger partial charge is 0.496 e. The summed E-state index contributed by atoms with van der Waals surface area (Å²) in [5, 5.41) is 8.43. The highest BCUT2D eigenvalue weighted by molar-refractivity contribution is 9.10. The van der Waals surface area contributed by atoms with Gasteiger partial charge in [0.1, 0.15) is 5.75 Å². The third-order valence-electron chi connectivity index (χ3n) is 2.77. The molecule has 22 heavy (non-hydrogen) atoms. The molecule has 0 aromatic heterocycles. The second-order valence-corrected chi connectivity index (χ2v) is 6.20. The van der Waals surface area contributed by atoms with E-state index in [0.717, 1.165) is 21.5 Å². The average Bonchev–Trinajstić information content (AvgIpc) is 2.54. The van der Waals surface area contributed by atoms with E-state index in [-0.39, 0.29) is 0 Å². The average molecular weight is 378 g/mol. The molecule has 0 atom stereocenters. The summed E-state index contributed by atoms with van der Waals surface area (Å²) in [6, 6.07) is 15.8. The second-order valence-electron chi connectivity index (χ2n) is 4.35. The third kappa shape index (κ3) is 5.20. The molecule has 0 aliphatic rings. The Morgan fingerprint density at radius 1 is 1.27 bits per heavy atom. The molecule has 6 heteroatoms. The number of benzene rings is 2. The van der Waals surface area contributed by atoms with Crippen LogP contribution in [0.5, 0.6) is 5.75 Å². The molecule has 0 fully saturated rings. The summed E-state index contributed by atoms with van der Waals surface area (Å²) in [6.45, 7) is 0. The molecule has 2 rings (SSSR count). The van der Waals surface area contributed by atoms with Crippen molar-refractivity contribution in [2.45, 2.75) is 5.75 Å². The zero-order valence-corrected chi connectivity index (χ0v) is 14.5. The predicted octanol–water partition coefficient (Wildman–Crippen LogP) is 4.04. The Kier molecular flexibility index (Phi) is 6.48. The number of amidine groups is 1. The molecule has 0 saturated carbocycles. The van der Waals surface area contributed by atoms with Gasteiger partial charge in [0, 0.05) is 5.75 Å². The number of ether oxygens (including phenoxy) is 1. The van der Waals surface area contributed by atoms with Crippen LogP contribution in [-0.2, 0) is 5.75 Å². The minimum atomic E-state index is 0.438. The first-order valence-corrected chi connectivity index (χ1v) is 8.33. The summed E-state index contributed by atoms with van der Waals surface area (Å²) in [6.07, 6.45) is 1.65. The lowest BCUT2D eigenvalue weighted by atomic mass is 10.2. The smallest absolute Gasteiger partial charge is 0.180 e. The minimum Gasteiger partial charge on any atom is -0.496 e. The van der Waals surface area contributed by atoms with Crippen LogP contribution >= 0.6 is 27.7 Å². The number of rotatable bonds is 5. The van der Waals surface area contributed by atoms with E-state index in [4.69, 9.17) is 10.5 Å². The Labute approximate surface area is 142 Å². The van der Waals surface area contributed by atoms with Gasteiger partial charge in [-0.15, -0.1) is 5.10 Å². The van der Waals surface area contributed by atoms with E-state index >= 15 is 0 Å². The first kappa shape index (κ1) is 16.6. The van der Waals surface area contributed by atoms with Gasteiger partial charge < -0.3 is 10.5 Å². The fraction of sp³-hybridized carbons (Fsp3) is 0.125. The topological polar surface area (TPSA) is 60.0 Å². The highest BCUT2D eigenvalue weighted by atomic mass is 79.9. The van der Waals surface area contributed by atoms with Crippen molar-refractivity contribution in [2.75, 3.05) is 7.11 Å². The van der Waals surface area contributed by atoms with Crippen LogP contribution in [0.1, 0.15) is 11.1 Å². The number of hydrogen-bond donors (Lipinski definition) is 1. The Balaban J connectivity index is 1.91. The van der Waals surface area contributed by atoms with E-state index in [2.05, 4.69) is 38.3 Å². The third-order valence-corrected chi connectivity index (χ3v) is 4.24. The summed E-state index contributed by atoms with van der Waals surface area (Å²) in [5.74, 6) is 1.55. The van der Waals surface area contributed by atoms with E-state index in [1.165, 1.54) is 17.3 Å². The van der Waals surface area contributed by atoms with Gasteiger partial charge in [0.25, 0.3) is 0 Å². The van der Waals surface area contributed by atoms with Crippen LogP contribution < -0.4 is 10.5 Å². The zero-order chi connectivity index (χ0) is 15.8. The molecule has 0 bridgehead atoms. The molecule has 0 spiro atoms. The standard InChI is InChI=1S/C16H16BrN3OS/c1-21-15-8-7-13(9-14(15)17)10-19-20-16(18)22-11-12-5-3-2-4-6-12/h2-10H,11H2,1H3,(H2,18,20). The SMILES string of the molecule is COc1ccc(C=NN=C(N)SCc2ccccc2)cc1Br. The molecule has 114 valence electrons. The van der Waals surface area contributed by atoms with Crippen LogP contribution in [0, 0.1) is 0 Å². The molecule has 0 saturated heterocycles. The maximum Gasteiger partial charge on any atom is 0.180 e. The maximum absolute atomic E-state index is 5.83. The second kappa shape index (κ2) is 8.60. The number of methoxy groups -OCH3 is 1. The molecule has 0 radical (unpaired) electrons. The molecule has 0 aliphatic heterocycles. The lowest BCUT2D eigenvalue weighted by molar-refractivity contribution is 0.412. The number of halogens is 1. The number of thioether (sulfide) groups is 1. The van der Waals surface area contributed by atoms with Crippen molar-refractivity contribution in [3.05, 3.63) is 64.1 Å². The maximum atomic E-state index is 5.83. The molecular formula is C16H16BrN3OS. The van der Waals surface area contributed by atoms with Crippen molar-refractivity contribution in [1.29, 1.82) is 0 Å². The molecule has 0 heterocycles. The van der Waals surface area contributed by atoms with Crippen molar-refractivity contribution < 1.29 is 4.74 Å². The van der Waals surface area contributed by atoms with Gasteiger partial charge in [0.05, 0.1) is 17.8 Å². The van der Waals surface area contributed by atoms with Gasteiger partial charge in [-0.25, -0.2) is 0 Å². The lowest BCUT2D eigenvalue weighted by Crippen LogP contribution is -2.05. The molecule has 0 aliphatic carbocycles. The fourth-order valence-corrected chi connectivity index (χ4v) is 2.85. The Hall–Kier alpha value is -1.79. The zero-order valence-electron chi connectivity index (χ0n) is 12.1. The summed E-state index contributed by atoms with van der Waals surface area (Å²) in [5.41, 5.74) is 7.95. The van der Waals surface area contributed by atoms with Gasteiger partial charge in [0.2, 0.25) is 0 Å². The number of nitrogens with two attached hydrogens (primary N) is 1. The lowest BCUT2D eigenvalue weighted by Gasteiger charge is -2.02. The molecule has 0 amide bonds. The van der Waals surface area contributed by atoms with Crippen molar-refractivity contribution in [3.63, 3.8) is 0 Å². The van der Waals surface area contributed by atoms with Gasteiger partial charge in [-0.3, -0.25) is 0 Å². The van der Waals surface area contributed by atoms with Gasteiger partial charge in [-0.2, -0.15) is 5.10 Å². The highest BCUT2D eigenvalue weighted by Crippen LogP contribution is 2.24. The quantitative estimate of drug-likeness (QED) is 0.485. The van der Waals surface area contributed by atoms with E-state index in [1.807, 2.05) is 36.4 Å². The van der Waals surface area contributed by atoms with Gasteiger partial charge in [-0.05, 0) is 45.3 Å². The van der Waals surface area contributed by atoms with E-state index in [9.17, 15) is 0 Å². The van der Waals surface area contributed by atoms with Crippen LogP contribution in [0.3, 0.4) is 0 Å². The van der Waals surface area contributed by atoms with Gasteiger partial charge in [-0.1, -0.05) is 42.1 Å². The Morgan fingerprint density at radius 3 is 2.73 bits per heavy atom. The molecular weight excluding hydrogens is 362 g/mol. The number of hydrogen-bond acceptors (Lipinski definition) is 4. The van der Waals surface area contributed by atoms with E-state index in [1.54, 1.807) is 13.3 Å². The minimum absolute atomic E-state index is 0.438. The molecule has 0 unspecified atom stereocenters. The van der Waals surface area contributed by atoms with Crippen molar-refractivity contribution in [1.82, 2.24) is 0 Å². The number of nitrogens with zero attached hydrogens (tertiary/aromatic N) is 2. The Morgan fingerprint density at radius 2 is 2.05 bits per heavy atom. The summed E-state index contributed by atoms with van der Waals surface area (Å²) >= 11 is 4.89. The fourth-order valence-electron chi connectivity index (χ4n) is 1.68. The molecule has 2 aromatic rings. The van der Waals surface area contributed by atoms with Crippen LogP contribution in [0.15, 0.2) is 63.2 Å². The van der Waals surface area contributed by atoms with Crippen molar-refractivity contribution in [3.8, 4) is 5.75 Å². The monoisotopic (exact) mass is 377 g/mol. The summed E-state index contributed by atoms with van der Waals surface area (Å²) in [7, 11) is 1.63. The van der Waals surface area contributed by atoms with E-state index < -0.39 is 0 Å². The summed E-state index contributed by atoms with van der Waals surface area (Å²) in [4.78, 5) is 0. The van der Waals surface area contributed by atoms with Gasteiger partial charge >= 0.3 is 0 Å². The van der Waals surface area contributed by atoms with Gasteiger partial charge in [0.15, 0.2) is 5.17 Å². The van der Waals surface area contributed by atoms with Crippen LogP contribution in [0.25, 0.3) is 0 Å². The van der Waals surface area contributed by atoms with Crippen molar-refractivity contribution in [2.24, 2.45) is 15.9 Å². The van der Waals surface area contributed by atoms with Crippen LogP contribution in [0.4, 0.5) is 0 Å². The Bertz CT molecular complexity index is 674. The predicted molar refractivity (Wildman–Crippen MR) is 97.6 cm³/mol. The molecule has 4 nitrogen and oxygen atoms in total. The first-order chi connectivity index (χ1) is 10.7. The van der Waals surface area contributed by atoms with Crippen LogP contribution in [-0.4, -0.2) is 18.5 Å². The van der Waals surface area contributed by atoms with E-state index in [0.29, 0.717) is 5.17 Å². The highest BCUT2D eigenvalue weighted by Gasteiger charge is 1.99. The molecule has 2 aromatic carbocycles. The van der Waals surface area contributed by atoms with Crippen LogP contribution in [0.2, 0.25) is 0 Å². The normalized spacial score (nSPS) is 11.8. The molecule has 2 N–H and O–H groups in total.